The number of methoxy groups -OCH3 is 1. The molecule has 0 amide bonds. The second-order valence-electron chi connectivity index (χ2n) is 7.41. The number of aromatic amines is 1. The van der Waals surface area contributed by atoms with E-state index in [-0.39, 0.29) is 5.56 Å². The van der Waals surface area contributed by atoms with Crippen LogP contribution in [0.4, 0.5) is 0 Å². The van der Waals surface area contributed by atoms with Crippen LogP contribution in [-0.2, 0) is 19.5 Å². The first-order valence-corrected chi connectivity index (χ1v) is 9.65. The Hall–Kier alpha value is -3.32. The number of hydrogen-bond acceptors (Lipinski definition) is 5. The number of benzene rings is 1. The molecular weight excluding hydrogens is 368 g/mol. The van der Waals surface area contributed by atoms with E-state index in [2.05, 4.69) is 16.1 Å². The molecule has 0 atom stereocenters. The SMILES string of the molecule is COc1cccc(CN2CCc3nc4cc(-c5ccoc5C)[nH]n4c(=O)c3C2)c1. The molecule has 4 heterocycles. The summed E-state index contributed by atoms with van der Waals surface area (Å²) in [6, 6.07) is 11.8. The number of nitrogens with one attached hydrogen (secondary N) is 1. The maximum absolute atomic E-state index is 13.2. The highest BCUT2D eigenvalue weighted by molar-refractivity contribution is 5.65. The molecule has 3 aromatic heterocycles. The summed E-state index contributed by atoms with van der Waals surface area (Å²) in [7, 11) is 1.67. The number of H-pyrrole nitrogens is 1. The van der Waals surface area contributed by atoms with Crippen molar-refractivity contribution in [2.45, 2.75) is 26.4 Å². The Balaban J connectivity index is 1.47. The summed E-state index contributed by atoms with van der Waals surface area (Å²) in [5, 5.41) is 3.18. The minimum Gasteiger partial charge on any atom is -0.497 e. The Labute approximate surface area is 167 Å². The van der Waals surface area contributed by atoms with Crippen molar-refractivity contribution in [2.75, 3.05) is 13.7 Å². The molecule has 0 unspecified atom stereocenters. The lowest BCUT2D eigenvalue weighted by Gasteiger charge is -2.27. The molecule has 1 aliphatic rings. The van der Waals surface area contributed by atoms with Crippen molar-refractivity contribution in [2.24, 2.45) is 0 Å². The van der Waals surface area contributed by atoms with Gasteiger partial charge < -0.3 is 9.15 Å². The van der Waals surface area contributed by atoms with Gasteiger partial charge in [0.05, 0.1) is 30.3 Å². The largest absolute Gasteiger partial charge is 0.497 e. The van der Waals surface area contributed by atoms with Crippen LogP contribution in [0.3, 0.4) is 0 Å². The van der Waals surface area contributed by atoms with Gasteiger partial charge in [-0.1, -0.05) is 12.1 Å². The lowest BCUT2D eigenvalue weighted by Crippen LogP contribution is -2.36. The molecule has 148 valence electrons. The number of fused-ring (bicyclic) bond motifs is 2. The average Bonchev–Trinajstić information content (AvgIpc) is 3.35. The third kappa shape index (κ3) is 3.13. The number of aromatic nitrogens is 3. The third-order valence-electron chi connectivity index (χ3n) is 5.53. The van der Waals surface area contributed by atoms with Crippen molar-refractivity contribution >= 4 is 5.65 Å². The van der Waals surface area contributed by atoms with E-state index in [1.54, 1.807) is 13.4 Å². The van der Waals surface area contributed by atoms with E-state index < -0.39 is 0 Å². The number of aryl methyl sites for hydroxylation is 1. The highest BCUT2D eigenvalue weighted by Gasteiger charge is 2.23. The molecule has 0 saturated carbocycles. The van der Waals surface area contributed by atoms with Crippen molar-refractivity contribution in [3.05, 3.63) is 75.6 Å². The maximum Gasteiger partial charge on any atom is 0.277 e. The molecule has 29 heavy (non-hydrogen) atoms. The molecule has 1 aromatic carbocycles. The van der Waals surface area contributed by atoms with Crippen LogP contribution in [0.25, 0.3) is 16.9 Å². The van der Waals surface area contributed by atoms with Gasteiger partial charge >= 0.3 is 0 Å². The molecule has 4 aromatic rings. The standard InChI is InChI=1S/C22H22N4O3/c1-14-17(7-9-29-14)20-11-21-23-19-6-8-25(13-18(19)22(27)26(21)24-20)12-15-4-3-5-16(10-15)28-2/h3-5,7,9-11,24H,6,8,12-13H2,1-2H3. The summed E-state index contributed by atoms with van der Waals surface area (Å²) in [4.78, 5) is 20.2. The van der Waals surface area contributed by atoms with Gasteiger partial charge in [-0.2, -0.15) is 0 Å². The normalized spacial score (nSPS) is 14.3. The smallest absolute Gasteiger partial charge is 0.277 e. The monoisotopic (exact) mass is 390 g/mol. The molecule has 5 rings (SSSR count). The summed E-state index contributed by atoms with van der Waals surface area (Å²) < 4.78 is 12.2. The van der Waals surface area contributed by atoms with Gasteiger partial charge in [0.1, 0.15) is 11.5 Å². The summed E-state index contributed by atoms with van der Waals surface area (Å²) >= 11 is 0. The first-order chi connectivity index (χ1) is 14.1. The van der Waals surface area contributed by atoms with Gasteiger partial charge in [0.2, 0.25) is 0 Å². The number of nitrogens with zero attached hydrogens (tertiary/aromatic N) is 3. The Kier molecular flexibility index (Phi) is 4.24. The molecule has 0 saturated heterocycles. The van der Waals surface area contributed by atoms with Gasteiger partial charge in [0.15, 0.2) is 5.65 Å². The topological polar surface area (TPSA) is 75.8 Å². The van der Waals surface area contributed by atoms with E-state index in [9.17, 15) is 4.79 Å². The van der Waals surface area contributed by atoms with Gasteiger partial charge in [-0.3, -0.25) is 14.8 Å². The molecule has 1 N–H and O–H groups in total. The molecule has 0 aliphatic carbocycles. The van der Waals surface area contributed by atoms with Crippen molar-refractivity contribution in [3.8, 4) is 17.0 Å². The molecule has 0 spiro atoms. The quantitative estimate of drug-likeness (QED) is 0.579. The predicted molar refractivity (Wildman–Crippen MR) is 109 cm³/mol. The molecule has 0 bridgehead atoms. The lowest BCUT2D eigenvalue weighted by molar-refractivity contribution is 0.241. The maximum atomic E-state index is 13.2. The second kappa shape index (κ2) is 6.93. The fraction of sp³-hybridized carbons (Fsp3) is 0.273. The van der Waals surface area contributed by atoms with E-state index in [0.29, 0.717) is 12.2 Å². The van der Waals surface area contributed by atoms with Crippen molar-refractivity contribution in [1.82, 2.24) is 19.5 Å². The fourth-order valence-corrected chi connectivity index (χ4v) is 4.00. The zero-order valence-electron chi connectivity index (χ0n) is 16.4. The minimum absolute atomic E-state index is 0.0345. The van der Waals surface area contributed by atoms with Gasteiger partial charge in [0, 0.05) is 37.7 Å². The lowest BCUT2D eigenvalue weighted by atomic mass is 10.1. The Morgan fingerprint density at radius 2 is 2.17 bits per heavy atom. The van der Waals surface area contributed by atoms with Gasteiger partial charge in [-0.15, -0.1) is 0 Å². The van der Waals surface area contributed by atoms with Crippen molar-refractivity contribution in [1.29, 1.82) is 0 Å². The van der Waals surface area contributed by atoms with Crippen LogP contribution in [0.15, 0.2) is 51.9 Å². The van der Waals surface area contributed by atoms with Crippen molar-refractivity contribution in [3.63, 3.8) is 0 Å². The first kappa shape index (κ1) is 17.8. The summed E-state index contributed by atoms with van der Waals surface area (Å²) in [6.07, 6.45) is 2.41. The van der Waals surface area contributed by atoms with Crippen LogP contribution in [0, 0.1) is 6.92 Å². The van der Waals surface area contributed by atoms with Gasteiger partial charge in [0.25, 0.3) is 5.56 Å². The summed E-state index contributed by atoms with van der Waals surface area (Å²) in [5.41, 5.74) is 5.20. The minimum atomic E-state index is -0.0345. The Morgan fingerprint density at radius 1 is 1.28 bits per heavy atom. The Bertz CT molecular complexity index is 1250. The zero-order valence-corrected chi connectivity index (χ0v) is 16.4. The number of hydrogen-bond donors (Lipinski definition) is 1. The molecule has 0 fully saturated rings. The molecule has 1 aliphatic heterocycles. The average molecular weight is 390 g/mol. The van der Waals surface area contributed by atoms with Crippen LogP contribution < -0.4 is 10.3 Å². The summed E-state index contributed by atoms with van der Waals surface area (Å²) in [6.45, 7) is 4.12. The Morgan fingerprint density at radius 3 is 2.97 bits per heavy atom. The van der Waals surface area contributed by atoms with Crippen LogP contribution in [0.1, 0.15) is 22.6 Å². The first-order valence-electron chi connectivity index (χ1n) is 9.65. The predicted octanol–water partition coefficient (Wildman–Crippen LogP) is 3.16. The van der Waals surface area contributed by atoms with E-state index in [0.717, 1.165) is 53.5 Å². The third-order valence-corrected chi connectivity index (χ3v) is 5.53. The van der Waals surface area contributed by atoms with E-state index in [1.807, 2.05) is 37.3 Å². The molecule has 0 radical (unpaired) electrons. The second-order valence-corrected chi connectivity index (χ2v) is 7.41. The van der Waals surface area contributed by atoms with Crippen molar-refractivity contribution < 1.29 is 9.15 Å². The number of rotatable bonds is 4. The van der Waals surface area contributed by atoms with Crippen LogP contribution in [0.5, 0.6) is 5.75 Å². The summed E-state index contributed by atoms with van der Waals surface area (Å²) in [5.74, 6) is 1.65. The number of furan rings is 1. The molecule has 7 nitrogen and oxygen atoms in total. The highest BCUT2D eigenvalue weighted by atomic mass is 16.5. The molecular formula is C22H22N4O3. The number of ether oxygens (including phenoxy) is 1. The van der Waals surface area contributed by atoms with Crippen LogP contribution in [-0.4, -0.2) is 33.2 Å². The van der Waals surface area contributed by atoms with Gasteiger partial charge in [-0.05, 0) is 30.7 Å². The highest BCUT2D eigenvalue weighted by Crippen LogP contribution is 2.25. The van der Waals surface area contributed by atoms with E-state index >= 15 is 0 Å². The van der Waals surface area contributed by atoms with E-state index in [4.69, 9.17) is 14.1 Å². The zero-order chi connectivity index (χ0) is 20.0. The van der Waals surface area contributed by atoms with Gasteiger partial charge in [-0.25, -0.2) is 9.50 Å². The van der Waals surface area contributed by atoms with Crippen LogP contribution >= 0.6 is 0 Å². The van der Waals surface area contributed by atoms with Crippen LogP contribution in [0.2, 0.25) is 0 Å². The molecule has 7 heteroatoms. The van der Waals surface area contributed by atoms with E-state index in [1.165, 1.54) is 10.1 Å². The fourth-order valence-electron chi connectivity index (χ4n) is 4.00.